The van der Waals surface area contributed by atoms with Crippen LogP contribution < -0.4 is 5.32 Å². The number of thiocarbonyl (C=S) groups is 1. The van der Waals surface area contributed by atoms with Crippen LogP contribution in [0.2, 0.25) is 0 Å². The third-order valence-corrected chi connectivity index (χ3v) is 7.20. The Morgan fingerprint density at radius 1 is 1.18 bits per heavy atom. The molecule has 2 heterocycles. The molecular formula is C26H36N4O3S. The van der Waals surface area contributed by atoms with Crippen molar-refractivity contribution in [1.82, 2.24) is 15.1 Å². The minimum absolute atomic E-state index is 0.000120. The summed E-state index contributed by atoms with van der Waals surface area (Å²) in [6.45, 7) is 4.35. The Bertz CT molecular complexity index is 902. The Balaban J connectivity index is 1.17. The van der Waals surface area contributed by atoms with Crippen molar-refractivity contribution in [3.05, 3.63) is 35.6 Å². The molecule has 8 heteroatoms. The lowest BCUT2D eigenvalue weighted by atomic mass is 9.93. The van der Waals surface area contributed by atoms with Gasteiger partial charge >= 0.3 is 0 Å². The standard InChI is InChI=1S/C26H36N4O3S/c31-24(27-13-12-20-7-3-1-4-8-20)9-5-2-6-14-30-25(32)22-19-21(29-15-17-33-18-16-29)10-11-23(22)28-26(30)34/h7,10-11,19,22H,1-6,8-9,12-18H2,(H,27,31). The number of hydrogen-bond acceptors (Lipinski definition) is 5. The normalized spacial score (nSPS) is 22.7. The largest absolute Gasteiger partial charge is 0.378 e. The molecule has 1 saturated heterocycles. The second kappa shape index (κ2) is 12.4. The number of morpholine rings is 1. The first kappa shape index (κ1) is 24.8. The molecule has 184 valence electrons. The van der Waals surface area contributed by atoms with E-state index in [1.54, 1.807) is 4.90 Å². The third-order valence-electron chi connectivity index (χ3n) is 6.88. The highest BCUT2D eigenvalue weighted by molar-refractivity contribution is 7.80. The number of hydrogen-bond donors (Lipinski definition) is 1. The molecule has 0 saturated carbocycles. The van der Waals surface area contributed by atoms with Crippen LogP contribution in [-0.2, 0) is 14.3 Å². The average molecular weight is 485 g/mol. The van der Waals surface area contributed by atoms with Gasteiger partial charge in [0.1, 0.15) is 5.92 Å². The highest BCUT2D eigenvalue weighted by Gasteiger charge is 2.35. The van der Waals surface area contributed by atoms with E-state index < -0.39 is 0 Å². The Hall–Kier alpha value is -2.32. The van der Waals surface area contributed by atoms with Crippen LogP contribution in [0.5, 0.6) is 0 Å². The van der Waals surface area contributed by atoms with Gasteiger partial charge in [-0.05, 0) is 75.4 Å². The molecule has 1 fully saturated rings. The summed E-state index contributed by atoms with van der Waals surface area (Å²) in [5.41, 5.74) is 3.27. The summed E-state index contributed by atoms with van der Waals surface area (Å²) < 4.78 is 5.44. The summed E-state index contributed by atoms with van der Waals surface area (Å²) in [7, 11) is 0. The molecule has 34 heavy (non-hydrogen) atoms. The molecule has 2 aliphatic carbocycles. The average Bonchev–Trinajstić information content (AvgIpc) is 2.86. The van der Waals surface area contributed by atoms with Crippen LogP contribution in [0.25, 0.3) is 0 Å². The van der Waals surface area contributed by atoms with Gasteiger partial charge in [-0.25, -0.2) is 4.99 Å². The maximum atomic E-state index is 13.2. The number of rotatable bonds is 10. The molecule has 0 spiro atoms. The zero-order valence-corrected chi connectivity index (χ0v) is 20.8. The number of nitrogens with zero attached hydrogens (tertiary/aromatic N) is 3. The summed E-state index contributed by atoms with van der Waals surface area (Å²) in [5.74, 6) is -0.260. The second-order valence-electron chi connectivity index (χ2n) is 9.33. The molecule has 0 aromatic heterocycles. The van der Waals surface area contributed by atoms with Crippen LogP contribution in [0, 0.1) is 5.92 Å². The van der Waals surface area contributed by atoms with Gasteiger partial charge in [0.15, 0.2) is 0 Å². The fourth-order valence-corrected chi connectivity index (χ4v) is 5.16. The zero-order valence-electron chi connectivity index (χ0n) is 20.0. The van der Waals surface area contributed by atoms with E-state index in [4.69, 9.17) is 17.0 Å². The first-order chi connectivity index (χ1) is 16.6. The van der Waals surface area contributed by atoms with E-state index in [-0.39, 0.29) is 17.7 Å². The highest BCUT2D eigenvalue weighted by atomic mass is 32.1. The van der Waals surface area contributed by atoms with Crippen LogP contribution in [0.15, 0.2) is 40.6 Å². The van der Waals surface area contributed by atoms with Crippen molar-refractivity contribution in [2.75, 3.05) is 39.4 Å². The predicted octanol–water partition coefficient (Wildman–Crippen LogP) is 3.52. The van der Waals surface area contributed by atoms with Gasteiger partial charge in [-0.1, -0.05) is 18.1 Å². The Morgan fingerprint density at radius 3 is 2.82 bits per heavy atom. The van der Waals surface area contributed by atoms with Crippen molar-refractivity contribution in [1.29, 1.82) is 0 Å². The topological polar surface area (TPSA) is 74.2 Å². The van der Waals surface area contributed by atoms with Gasteiger partial charge in [0.25, 0.3) is 0 Å². The Kier molecular flexibility index (Phi) is 9.04. The number of amides is 2. The maximum Gasteiger partial charge on any atom is 0.241 e. The molecule has 0 radical (unpaired) electrons. The van der Waals surface area contributed by atoms with Crippen molar-refractivity contribution in [2.45, 2.75) is 57.8 Å². The minimum atomic E-state index is -0.375. The second-order valence-corrected chi connectivity index (χ2v) is 9.69. The molecular weight excluding hydrogens is 448 g/mol. The molecule has 0 aromatic carbocycles. The van der Waals surface area contributed by atoms with Crippen LogP contribution in [0.4, 0.5) is 0 Å². The maximum absolute atomic E-state index is 13.2. The number of allylic oxidation sites excluding steroid dienone is 3. The van der Waals surface area contributed by atoms with Gasteiger partial charge in [0.2, 0.25) is 16.9 Å². The summed E-state index contributed by atoms with van der Waals surface area (Å²) in [4.78, 5) is 33.7. The van der Waals surface area contributed by atoms with Crippen molar-refractivity contribution in [2.24, 2.45) is 10.9 Å². The number of carbonyl (C=O) groups is 2. The summed E-state index contributed by atoms with van der Waals surface area (Å²) in [6, 6.07) is 0. The van der Waals surface area contributed by atoms with E-state index in [9.17, 15) is 9.59 Å². The molecule has 1 atom stereocenters. The lowest BCUT2D eigenvalue weighted by molar-refractivity contribution is -0.128. The molecule has 7 nitrogen and oxygen atoms in total. The predicted molar refractivity (Wildman–Crippen MR) is 137 cm³/mol. The first-order valence-electron chi connectivity index (χ1n) is 12.7. The van der Waals surface area contributed by atoms with Gasteiger partial charge in [-0.2, -0.15) is 0 Å². The van der Waals surface area contributed by atoms with Crippen molar-refractivity contribution in [3.8, 4) is 0 Å². The molecule has 2 amide bonds. The van der Waals surface area contributed by atoms with E-state index >= 15 is 0 Å². The number of nitrogens with one attached hydrogen (secondary N) is 1. The first-order valence-corrected chi connectivity index (χ1v) is 13.1. The molecule has 4 aliphatic rings. The van der Waals surface area contributed by atoms with Gasteiger partial charge in [-0.3, -0.25) is 14.5 Å². The van der Waals surface area contributed by atoms with E-state index in [0.717, 1.165) is 56.7 Å². The molecule has 0 aromatic rings. The van der Waals surface area contributed by atoms with Crippen LogP contribution in [0.1, 0.15) is 57.8 Å². The smallest absolute Gasteiger partial charge is 0.241 e. The Morgan fingerprint density at radius 2 is 2.03 bits per heavy atom. The fourth-order valence-electron chi connectivity index (χ4n) is 4.88. The lowest BCUT2D eigenvalue weighted by Gasteiger charge is -2.35. The lowest BCUT2D eigenvalue weighted by Crippen LogP contribution is -2.47. The SMILES string of the molecule is O=C(CCCCCN1C(=O)C2C=C(N3CCOCC3)C=CC2=NC1=S)NCCC1=CCCCC1. The quantitative estimate of drug-likeness (QED) is 0.292. The molecule has 4 rings (SSSR count). The number of fused-ring (bicyclic) bond motifs is 1. The number of aliphatic imine (C=N–C) groups is 1. The summed E-state index contributed by atoms with van der Waals surface area (Å²) >= 11 is 5.42. The number of unbranched alkanes of at least 4 members (excludes halogenated alkanes) is 2. The van der Waals surface area contributed by atoms with E-state index in [1.807, 2.05) is 18.2 Å². The molecule has 1 N–H and O–H groups in total. The van der Waals surface area contributed by atoms with Gasteiger partial charge < -0.3 is 15.0 Å². The summed E-state index contributed by atoms with van der Waals surface area (Å²) in [6.07, 6.45) is 17.2. The summed E-state index contributed by atoms with van der Waals surface area (Å²) in [5, 5.41) is 3.39. The minimum Gasteiger partial charge on any atom is -0.378 e. The number of ether oxygens (including phenoxy) is 1. The zero-order chi connectivity index (χ0) is 23.8. The molecule has 0 bridgehead atoms. The number of carbonyl (C=O) groups excluding carboxylic acids is 2. The highest BCUT2D eigenvalue weighted by Crippen LogP contribution is 2.25. The monoisotopic (exact) mass is 484 g/mol. The molecule has 1 unspecified atom stereocenters. The van der Waals surface area contributed by atoms with Crippen molar-refractivity contribution in [3.63, 3.8) is 0 Å². The van der Waals surface area contributed by atoms with E-state index in [0.29, 0.717) is 31.3 Å². The van der Waals surface area contributed by atoms with Gasteiger partial charge in [-0.15, -0.1) is 0 Å². The van der Waals surface area contributed by atoms with E-state index in [1.165, 1.54) is 31.3 Å². The van der Waals surface area contributed by atoms with Gasteiger partial charge in [0, 0.05) is 38.3 Å². The van der Waals surface area contributed by atoms with Crippen LogP contribution in [0.3, 0.4) is 0 Å². The fraction of sp³-hybridized carbons (Fsp3) is 0.615. The van der Waals surface area contributed by atoms with Crippen molar-refractivity contribution < 1.29 is 14.3 Å². The Labute approximate surface area is 208 Å². The van der Waals surface area contributed by atoms with Crippen molar-refractivity contribution >= 4 is 34.9 Å². The van der Waals surface area contributed by atoms with Gasteiger partial charge in [0.05, 0.1) is 18.9 Å². The third kappa shape index (κ3) is 6.63. The van der Waals surface area contributed by atoms with Crippen LogP contribution >= 0.6 is 12.2 Å². The molecule has 2 aliphatic heterocycles. The van der Waals surface area contributed by atoms with E-state index in [2.05, 4.69) is 21.3 Å². The van der Waals surface area contributed by atoms with Crippen LogP contribution in [-0.4, -0.2) is 71.8 Å².